The fraction of sp³-hybridized carbons (Fsp3) is 0.444. The minimum atomic E-state index is -1.00. The van der Waals surface area contributed by atoms with Crippen LogP contribution in [0.5, 0.6) is 0 Å². The van der Waals surface area contributed by atoms with Gasteiger partial charge in [-0.1, -0.05) is 62.4 Å². The van der Waals surface area contributed by atoms with Gasteiger partial charge in [0.25, 0.3) is 0 Å². The molecule has 1 aliphatic heterocycles. The number of fused-ring (bicyclic) bond motifs is 3. The molecule has 0 spiro atoms. The van der Waals surface area contributed by atoms with E-state index in [0.717, 1.165) is 22.3 Å². The van der Waals surface area contributed by atoms with Gasteiger partial charge in [0.2, 0.25) is 5.91 Å². The van der Waals surface area contributed by atoms with Crippen LogP contribution in [-0.4, -0.2) is 66.9 Å². The van der Waals surface area contributed by atoms with E-state index in [1.807, 2.05) is 50.2 Å². The zero-order valence-electron chi connectivity index (χ0n) is 20.1. The zero-order chi connectivity index (χ0) is 24.9. The molecule has 186 valence electrons. The van der Waals surface area contributed by atoms with Crippen LogP contribution in [0.2, 0.25) is 0 Å². The van der Waals surface area contributed by atoms with Gasteiger partial charge in [0.05, 0.1) is 19.1 Å². The van der Waals surface area contributed by atoms with Crippen LogP contribution in [0, 0.1) is 11.8 Å². The number of nitrogens with zero attached hydrogens (tertiary/aromatic N) is 1. The topological polar surface area (TPSA) is 105 Å². The Morgan fingerprint density at radius 3 is 2.31 bits per heavy atom. The van der Waals surface area contributed by atoms with Crippen molar-refractivity contribution < 1.29 is 29.0 Å². The van der Waals surface area contributed by atoms with Gasteiger partial charge in [-0.05, 0) is 34.6 Å². The Kier molecular flexibility index (Phi) is 7.70. The second-order valence-corrected chi connectivity index (χ2v) is 9.55. The highest BCUT2D eigenvalue weighted by Crippen LogP contribution is 2.44. The SMILES string of the molecule is CC(C)C[C@@H](NC(=O)OCC1c2ccccc2-c2ccccc21)C(=O)N1CCOCC(C(=O)O)C1. The first kappa shape index (κ1) is 24.7. The number of nitrogens with one attached hydrogen (secondary N) is 1. The molecule has 8 heteroatoms. The van der Waals surface area contributed by atoms with Gasteiger partial charge in [0.15, 0.2) is 0 Å². The molecule has 1 unspecified atom stereocenters. The summed E-state index contributed by atoms with van der Waals surface area (Å²) in [5, 5.41) is 12.1. The summed E-state index contributed by atoms with van der Waals surface area (Å²) in [6.07, 6.45) is -0.246. The monoisotopic (exact) mass is 480 g/mol. The number of carbonyl (C=O) groups is 3. The molecule has 2 atom stereocenters. The van der Waals surface area contributed by atoms with Crippen molar-refractivity contribution in [3.8, 4) is 11.1 Å². The van der Waals surface area contributed by atoms with Gasteiger partial charge in [-0.15, -0.1) is 0 Å². The Balaban J connectivity index is 1.43. The van der Waals surface area contributed by atoms with Crippen molar-refractivity contribution in [1.29, 1.82) is 0 Å². The van der Waals surface area contributed by atoms with Crippen molar-refractivity contribution in [2.24, 2.45) is 11.8 Å². The summed E-state index contributed by atoms with van der Waals surface area (Å²) >= 11 is 0. The summed E-state index contributed by atoms with van der Waals surface area (Å²) in [7, 11) is 0. The summed E-state index contributed by atoms with van der Waals surface area (Å²) in [4.78, 5) is 39.1. The van der Waals surface area contributed by atoms with Gasteiger partial charge in [0.1, 0.15) is 12.6 Å². The largest absolute Gasteiger partial charge is 0.481 e. The van der Waals surface area contributed by atoms with Gasteiger partial charge < -0.3 is 24.8 Å². The lowest BCUT2D eigenvalue weighted by atomic mass is 9.98. The average molecular weight is 481 g/mol. The third kappa shape index (κ3) is 5.65. The summed E-state index contributed by atoms with van der Waals surface area (Å²) in [5.41, 5.74) is 4.50. The summed E-state index contributed by atoms with van der Waals surface area (Å²) in [6.45, 7) is 4.74. The van der Waals surface area contributed by atoms with Gasteiger partial charge in [-0.25, -0.2) is 4.79 Å². The van der Waals surface area contributed by atoms with E-state index >= 15 is 0 Å². The maximum Gasteiger partial charge on any atom is 0.407 e. The lowest BCUT2D eigenvalue weighted by Crippen LogP contribution is -2.51. The molecule has 0 bridgehead atoms. The molecule has 2 aliphatic rings. The van der Waals surface area contributed by atoms with E-state index in [0.29, 0.717) is 6.42 Å². The Morgan fingerprint density at radius 2 is 1.71 bits per heavy atom. The van der Waals surface area contributed by atoms with Crippen LogP contribution in [0.15, 0.2) is 48.5 Å². The number of carboxylic acids is 1. The molecule has 0 aromatic heterocycles. The van der Waals surface area contributed by atoms with E-state index in [-0.39, 0.29) is 50.7 Å². The molecule has 4 rings (SSSR count). The number of aliphatic carboxylic acids is 1. The van der Waals surface area contributed by atoms with Gasteiger partial charge in [-0.2, -0.15) is 0 Å². The number of ether oxygens (including phenoxy) is 2. The molecule has 1 aliphatic carbocycles. The number of hydrogen-bond donors (Lipinski definition) is 2. The number of hydrogen-bond acceptors (Lipinski definition) is 5. The standard InChI is InChI=1S/C27H32N2O6/c1-17(2)13-24(25(30)29-11-12-34-15-18(14-29)26(31)32)28-27(33)35-16-23-21-9-5-3-7-19(21)20-8-4-6-10-22(20)23/h3-10,17-18,23-24H,11-16H2,1-2H3,(H,28,33)(H,31,32)/t18?,24-/m1/s1. The van der Waals surface area contributed by atoms with Gasteiger partial charge in [-0.3, -0.25) is 9.59 Å². The van der Waals surface area contributed by atoms with Crippen LogP contribution in [0.4, 0.5) is 4.79 Å². The first-order valence-corrected chi connectivity index (χ1v) is 12.1. The quantitative estimate of drug-likeness (QED) is 0.629. The molecule has 35 heavy (non-hydrogen) atoms. The van der Waals surface area contributed by atoms with E-state index in [1.165, 1.54) is 4.90 Å². The zero-order valence-corrected chi connectivity index (χ0v) is 20.1. The van der Waals surface area contributed by atoms with Gasteiger partial charge >= 0.3 is 12.1 Å². The fourth-order valence-electron chi connectivity index (χ4n) is 4.86. The first-order valence-electron chi connectivity index (χ1n) is 12.1. The predicted molar refractivity (Wildman–Crippen MR) is 130 cm³/mol. The molecular weight excluding hydrogens is 448 g/mol. The second kappa shape index (κ2) is 10.9. The molecule has 2 amide bonds. The molecule has 0 saturated carbocycles. The normalized spacial score (nSPS) is 18.4. The van der Waals surface area contributed by atoms with Crippen molar-refractivity contribution >= 4 is 18.0 Å². The minimum Gasteiger partial charge on any atom is -0.481 e. The molecule has 2 aromatic carbocycles. The van der Waals surface area contributed by atoms with Crippen LogP contribution < -0.4 is 5.32 Å². The molecule has 1 fully saturated rings. The molecule has 2 N–H and O–H groups in total. The average Bonchev–Trinajstić information content (AvgIpc) is 2.97. The minimum absolute atomic E-state index is 0.0507. The Labute approximate surface area is 205 Å². The van der Waals surface area contributed by atoms with Crippen LogP contribution in [0.3, 0.4) is 0 Å². The van der Waals surface area contributed by atoms with Crippen LogP contribution in [0.1, 0.15) is 37.3 Å². The van der Waals surface area contributed by atoms with Crippen molar-refractivity contribution in [2.75, 3.05) is 32.9 Å². The summed E-state index contributed by atoms with van der Waals surface area (Å²) in [6, 6.07) is 15.4. The maximum absolute atomic E-state index is 13.3. The van der Waals surface area contributed by atoms with E-state index in [4.69, 9.17) is 9.47 Å². The van der Waals surface area contributed by atoms with Crippen molar-refractivity contribution in [3.63, 3.8) is 0 Å². The molecular formula is C27H32N2O6. The molecule has 0 radical (unpaired) electrons. The highest BCUT2D eigenvalue weighted by Gasteiger charge is 2.33. The Hall–Kier alpha value is -3.39. The summed E-state index contributed by atoms with van der Waals surface area (Å²) < 4.78 is 11.0. The first-order chi connectivity index (χ1) is 16.8. The number of benzene rings is 2. The van der Waals surface area contributed by atoms with Crippen LogP contribution >= 0.6 is 0 Å². The number of amides is 2. The Morgan fingerprint density at radius 1 is 1.09 bits per heavy atom. The van der Waals surface area contributed by atoms with Crippen LogP contribution in [0.25, 0.3) is 11.1 Å². The van der Waals surface area contributed by atoms with Crippen molar-refractivity contribution in [1.82, 2.24) is 10.2 Å². The number of carbonyl (C=O) groups excluding carboxylic acids is 2. The smallest absolute Gasteiger partial charge is 0.407 e. The van der Waals surface area contributed by atoms with Gasteiger partial charge in [0, 0.05) is 19.0 Å². The Bertz CT molecular complexity index is 1040. The van der Waals surface area contributed by atoms with E-state index < -0.39 is 24.0 Å². The summed E-state index contributed by atoms with van der Waals surface area (Å²) in [5.74, 6) is -2.06. The molecule has 1 saturated heterocycles. The third-order valence-electron chi connectivity index (χ3n) is 6.57. The number of rotatable bonds is 7. The number of carboxylic acid groups (broad SMARTS) is 1. The van der Waals surface area contributed by atoms with Crippen molar-refractivity contribution in [2.45, 2.75) is 32.2 Å². The molecule has 1 heterocycles. The highest BCUT2D eigenvalue weighted by molar-refractivity contribution is 5.86. The van der Waals surface area contributed by atoms with Crippen LogP contribution in [-0.2, 0) is 19.1 Å². The fourth-order valence-corrected chi connectivity index (χ4v) is 4.86. The third-order valence-corrected chi connectivity index (χ3v) is 6.57. The van der Waals surface area contributed by atoms with E-state index in [2.05, 4.69) is 17.4 Å². The van der Waals surface area contributed by atoms with E-state index in [1.54, 1.807) is 0 Å². The second-order valence-electron chi connectivity index (χ2n) is 9.55. The molecule has 8 nitrogen and oxygen atoms in total. The lowest BCUT2D eigenvalue weighted by Gasteiger charge is -2.28. The predicted octanol–water partition coefficient (Wildman–Crippen LogP) is 3.50. The number of alkyl carbamates (subject to hydrolysis) is 1. The van der Waals surface area contributed by atoms with E-state index in [9.17, 15) is 19.5 Å². The maximum atomic E-state index is 13.3. The highest BCUT2D eigenvalue weighted by atomic mass is 16.5. The lowest BCUT2D eigenvalue weighted by molar-refractivity contribution is -0.144. The molecule has 2 aromatic rings. The van der Waals surface area contributed by atoms with Crippen molar-refractivity contribution in [3.05, 3.63) is 59.7 Å².